The van der Waals surface area contributed by atoms with Crippen molar-refractivity contribution in [1.29, 1.82) is 0 Å². The minimum absolute atomic E-state index is 0.0838. The van der Waals surface area contributed by atoms with Gasteiger partial charge in [0.1, 0.15) is 12.2 Å². The zero-order valence-corrected chi connectivity index (χ0v) is 15.5. The Bertz CT molecular complexity index is 573. The Morgan fingerprint density at radius 2 is 1.96 bits per heavy atom. The van der Waals surface area contributed by atoms with Gasteiger partial charge in [-0.2, -0.15) is 5.10 Å². The predicted molar refractivity (Wildman–Crippen MR) is 96.9 cm³/mol. The van der Waals surface area contributed by atoms with Crippen molar-refractivity contribution >= 4 is 6.03 Å². The van der Waals surface area contributed by atoms with Crippen LogP contribution in [0.1, 0.15) is 50.3 Å². The number of carbonyl (C=O) groups is 1. The lowest BCUT2D eigenvalue weighted by molar-refractivity contribution is -0.0198. The second-order valence-corrected chi connectivity index (χ2v) is 7.82. The van der Waals surface area contributed by atoms with E-state index in [1.165, 1.54) is 25.7 Å². The summed E-state index contributed by atoms with van der Waals surface area (Å²) in [6.07, 6.45) is 8.32. The second kappa shape index (κ2) is 7.92. The number of carbonyl (C=O) groups excluding carboxylic acids is 1. The molecule has 2 saturated heterocycles. The number of morpholine rings is 1. The average molecular weight is 362 g/mol. The smallest absolute Gasteiger partial charge is 0.317 e. The zero-order valence-electron chi connectivity index (χ0n) is 15.5. The first-order valence-corrected chi connectivity index (χ1v) is 9.98. The quantitative estimate of drug-likeness (QED) is 0.844. The van der Waals surface area contributed by atoms with Crippen molar-refractivity contribution in [1.82, 2.24) is 30.3 Å². The molecule has 1 aromatic heterocycles. The molecule has 1 aromatic rings. The zero-order chi connectivity index (χ0) is 17.8. The second-order valence-electron chi connectivity index (χ2n) is 7.82. The number of hydrogen-bond acceptors (Lipinski definition) is 5. The van der Waals surface area contributed by atoms with E-state index < -0.39 is 0 Å². The minimum Gasteiger partial charge on any atom is -0.379 e. The number of rotatable bonds is 4. The van der Waals surface area contributed by atoms with Crippen molar-refractivity contribution in [2.75, 3.05) is 45.9 Å². The fourth-order valence-electron chi connectivity index (χ4n) is 4.80. The first-order chi connectivity index (χ1) is 12.8. The maximum absolute atomic E-state index is 12.7. The number of nitrogens with one attached hydrogen (secondary N) is 2. The molecule has 26 heavy (non-hydrogen) atoms. The largest absolute Gasteiger partial charge is 0.379 e. The van der Waals surface area contributed by atoms with Crippen LogP contribution in [0.25, 0.3) is 0 Å². The highest BCUT2D eigenvalue weighted by Gasteiger charge is 2.40. The van der Waals surface area contributed by atoms with Gasteiger partial charge >= 0.3 is 6.03 Å². The topological polar surface area (TPSA) is 86.4 Å². The Balaban J connectivity index is 1.29. The van der Waals surface area contributed by atoms with Crippen molar-refractivity contribution in [3.8, 4) is 0 Å². The van der Waals surface area contributed by atoms with Crippen LogP contribution in [0.3, 0.4) is 0 Å². The summed E-state index contributed by atoms with van der Waals surface area (Å²) in [5, 5.41) is 10.1. The molecule has 3 heterocycles. The molecule has 4 rings (SSSR count). The third kappa shape index (κ3) is 3.71. The van der Waals surface area contributed by atoms with Crippen LogP contribution in [0.15, 0.2) is 6.33 Å². The summed E-state index contributed by atoms with van der Waals surface area (Å²) in [6.45, 7) is 5.91. The summed E-state index contributed by atoms with van der Waals surface area (Å²) in [5.74, 6) is 1.33. The summed E-state index contributed by atoms with van der Waals surface area (Å²) < 4.78 is 5.52. The lowest BCUT2D eigenvalue weighted by atomic mass is 9.94. The molecule has 0 radical (unpaired) electrons. The van der Waals surface area contributed by atoms with Crippen LogP contribution in [0.4, 0.5) is 4.79 Å². The number of aromatic nitrogens is 3. The fraction of sp³-hybridized carbons (Fsp3) is 0.833. The van der Waals surface area contributed by atoms with Gasteiger partial charge in [-0.15, -0.1) is 0 Å². The van der Waals surface area contributed by atoms with Crippen molar-refractivity contribution in [2.24, 2.45) is 0 Å². The van der Waals surface area contributed by atoms with Crippen molar-refractivity contribution in [3.63, 3.8) is 0 Å². The molecule has 0 aromatic carbocycles. The van der Waals surface area contributed by atoms with E-state index in [9.17, 15) is 4.79 Å². The number of urea groups is 1. The molecule has 1 saturated carbocycles. The number of amides is 2. The maximum atomic E-state index is 12.7. The summed E-state index contributed by atoms with van der Waals surface area (Å²) in [5.41, 5.74) is 0.137. The van der Waals surface area contributed by atoms with Gasteiger partial charge in [0, 0.05) is 44.2 Å². The highest BCUT2D eigenvalue weighted by molar-refractivity contribution is 5.74. The van der Waals surface area contributed by atoms with Gasteiger partial charge < -0.3 is 15.0 Å². The lowest BCUT2D eigenvalue weighted by Crippen LogP contribution is -2.58. The number of aromatic amines is 1. The van der Waals surface area contributed by atoms with Crippen LogP contribution >= 0.6 is 0 Å². The Labute approximate surface area is 154 Å². The van der Waals surface area contributed by atoms with E-state index in [-0.39, 0.29) is 11.6 Å². The van der Waals surface area contributed by atoms with E-state index in [0.29, 0.717) is 5.92 Å². The van der Waals surface area contributed by atoms with E-state index in [4.69, 9.17) is 4.74 Å². The van der Waals surface area contributed by atoms with Gasteiger partial charge in [-0.1, -0.05) is 12.8 Å². The number of ether oxygens (including phenoxy) is 1. The average Bonchev–Trinajstić information content (AvgIpc) is 3.40. The molecule has 2 N–H and O–H groups in total. The Morgan fingerprint density at radius 1 is 1.23 bits per heavy atom. The molecule has 0 atom stereocenters. The molecule has 8 nitrogen and oxygen atoms in total. The van der Waals surface area contributed by atoms with Gasteiger partial charge in [0.15, 0.2) is 0 Å². The number of nitrogens with zero attached hydrogens (tertiary/aromatic N) is 4. The van der Waals surface area contributed by atoms with Crippen LogP contribution in [0, 0.1) is 0 Å². The van der Waals surface area contributed by atoms with Crippen LogP contribution in [0.2, 0.25) is 0 Å². The monoisotopic (exact) mass is 362 g/mol. The lowest BCUT2D eigenvalue weighted by Gasteiger charge is -2.44. The van der Waals surface area contributed by atoms with Crippen molar-refractivity contribution in [2.45, 2.75) is 50.0 Å². The number of likely N-dealkylation sites (tertiary alicyclic amines) is 1. The van der Waals surface area contributed by atoms with E-state index in [1.807, 2.05) is 4.90 Å². The standard InChI is InChI=1S/C18H30N6O2/c25-17(23-7-3-15(4-8-23)16-20-14-21-22-16)19-13-18(5-1-2-6-18)24-9-11-26-12-10-24/h14-15H,1-13H2,(H,19,25)(H,20,21,22). The summed E-state index contributed by atoms with van der Waals surface area (Å²) in [4.78, 5) is 21.5. The molecule has 3 aliphatic rings. The Hall–Kier alpha value is -1.67. The first-order valence-electron chi connectivity index (χ1n) is 9.98. The molecule has 2 amide bonds. The first kappa shape index (κ1) is 17.7. The number of H-pyrrole nitrogens is 1. The van der Waals surface area contributed by atoms with E-state index in [1.54, 1.807) is 6.33 Å². The Kier molecular flexibility index (Phi) is 5.40. The van der Waals surface area contributed by atoms with Crippen LogP contribution in [-0.2, 0) is 4.74 Å². The summed E-state index contributed by atoms with van der Waals surface area (Å²) in [6, 6.07) is 0.0838. The number of hydrogen-bond donors (Lipinski definition) is 2. The SMILES string of the molecule is O=C(NCC1(N2CCOCC2)CCCC1)N1CCC(c2ncn[nH]2)CC1. The predicted octanol–water partition coefficient (Wildman–Crippen LogP) is 1.34. The summed E-state index contributed by atoms with van der Waals surface area (Å²) in [7, 11) is 0. The van der Waals surface area contributed by atoms with Gasteiger partial charge in [-0.05, 0) is 25.7 Å². The third-order valence-electron chi connectivity index (χ3n) is 6.39. The van der Waals surface area contributed by atoms with Gasteiger partial charge in [-0.25, -0.2) is 9.78 Å². The molecule has 0 unspecified atom stereocenters. The van der Waals surface area contributed by atoms with Crippen LogP contribution in [0.5, 0.6) is 0 Å². The fourth-order valence-corrected chi connectivity index (χ4v) is 4.80. The van der Waals surface area contributed by atoms with Gasteiger partial charge in [0.25, 0.3) is 0 Å². The van der Waals surface area contributed by atoms with Crippen LogP contribution in [-0.4, -0.2) is 82.5 Å². The normalized spacial score (nSPS) is 24.7. The van der Waals surface area contributed by atoms with E-state index >= 15 is 0 Å². The maximum Gasteiger partial charge on any atom is 0.317 e. The summed E-state index contributed by atoms with van der Waals surface area (Å²) >= 11 is 0. The molecule has 2 aliphatic heterocycles. The highest BCUT2D eigenvalue weighted by Crippen LogP contribution is 2.35. The van der Waals surface area contributed by atoms with Gasteiger partial charge in [-0.3, -0.25) is 10.00 Å². The van der Waals surface area contributed by atoms with E-state index in [0.717, 1.165) is 64.6 Å². The molecule has 8 heteroatoms. The molecule has 0 bridgehead atoms. The van der Waals surface area contributed by atoms with Gasteiger partial charge in [0.2, 0.25) is 0 Å². The van der Waals surface area contributed by atoms with Gasteiger partial charge in [0.05, 0.1) is 13.2 Å². The molecular weight excluding hydrogens is 332 g/mol. The molecule has 0 spiro atoms. The minimum atomic E-state index is 0.0838. The van der Waals surface area contributed by atoms with Crippen molar-refractivity contribution in [3.05, 3.63) is 12.2 Å². The molecule has 144 valence electrons. The molecular formula is C18H30N6O2. The number of piperidine rings is 1. The van der Waals surface area contributed by atoms with Crippen molar-refractivity contribution < 1.29 is 9.53 Å². The Morgan fingerprint density at radius 3 is 2.62 bits per heavy atom. The van der Waals surface area contributed by atoms with E-state index in [2.05, 4.69) is 25.4 Å². The highest BCUT2D eigenvalue weighted by atomic mass is 16.5. The molecule has 1 aliphatic carbocycles. The van der Waals surface area contributed by atoms with Crippen LogP contribution < -0.4 is 5.32 Å². The molecule has 3 fully saturated rings. The third-order valence-corrected chi connectivity index (χ3v) is 6.39.